The zero-order valence-electron chi connectivity index (χ0n) is 10.6. The van der Waals surface area contributed by atoms with Crippen molar-refractivity contribution in [3.8, 4) is 0 Å². The molecule has 2 aliphatic carbocycles. The van der Waals surface area contributed by atoms with Crippen LogP contribution >= 0.6 is 0 Å². The van der Waals surface area contributed by atoms with Gasteiger partial charge in [-0.1, -0.05) is 6.42 Å². The summed E-state index contributed by atoms with van der Waals surface area (Å²) >= 11 is 0. The minimum Gasteiger partial charge on any atom is -0.480 e. The van der Waals surface area contributed by atoms with E-state index in [-0.39, 0.29) is 17.2 Å². The van der Waals surface area contributed by atoms with E-state index >= 15 is 0 Å². The van der Waals surface area contributed by atoms with Gasteiger partial charge < -0.3 is 10.4 Å². The van der Waals surface area contributed by atoms with Gasteiger partial charge in [0.25, 0.3) is 0 Å². The van der Waals surface area contributed by atoms with Crippen LogP contribution in [0, 0.1) is 5.92 Å². The van der Waals surface area contributed by atoms with Crippen LogP contribution in [0.25, 0.3) is 0 Å². The van der Waals surface area contributed by atoms with E-state index < -0.39 is 21.8 Å². The summed E-state index contributed by atoms with van der Waals surface area (Å²) in [7, 11) is -3.01. The fourth-order valence-electron chi connectivity index (χ4n) is 2.78. The Morgan fingerprint density at radius 2 is 1.94 bits per heavy atom. The summed E-state index contributed by atoms with van der Waals surface area (Å²) in [4.78, 5) is 11.2. The summed E-state index contributed by atoms with van der Waals surface area (Å²) in [5.41, 5.74) is 0. The van der Waals surface area contributed by atoms with Crippen LogP contribution in [-0.4, -0.2) is 43.1 Å². The molecule has 2 saturated carbocycles. The molecule has 2 aliphatic rings. The molecule has 104 valence electrons. The van der Waals surface area contributed by atoms with E-state index in [1.165, 1.54) is 6.26 Å². The van der Waals surface area contributed by atoms with Crippen molar-refractivity contribution < 1.29 is 18.3 Å². The molecule has 0 spiro atoms. The van der Waals surface area contributed by atoms with E-state index in [1.54, 1.807) is 0 Å². The van der Waals surface area contributed by atoms with Crippen molar-refractivity contribution in [1.82, 2.24) is 5.32 Å². The van der Waals surface area contributed by atoms with Crippen LogP contribution in [0.1, 0.15) is 38.5 Å². The molecule has 0 bridgehead atoms. The van der Waals surface area contributed by atoms with Gasteiger partial charge in [-0.2, -0.15) is 0 Å². The normalized spacial score (nSPS) is 30.9. The highest BCUT2D eigenvalue weighted by Gasteiger charge is 2.39. The predicted octanol–water partition coefficient (Wildman–Crippen LogP) is 0.795. The summed E-state index contributed by atoms with van der Waals surface area (Å²) in [5.74, 6) is -0.569. The molecule has 3 atom stereocenters. The molecule has 0 saturated heterocycles. The lowest BCUT2D eigenvalue weighted by Gasteiger charge is -2.31. The Balaban J connectivity index is 1.94. The Hall–Kier alpha value is -0.620. The van der Waals surface area contributed by atoms with Crippen molar-refractivity contribution in [2.24, 2.45) is 5.92 Å². The minimum absolute atomic E-state index is 0.0279. The van der Waals surface area contributed by atoms with Gasteiger partial charge in [0.15, 0.2) is 0 Å². The average Bonchev–Trinajstić information content (AvgIpc) is 3.08. The summed E-state index contributed by atoms with van der Waals surface area (Å²) in [6.45, 7) is 0. The fourth-order valence-corrected chi connectivity index (χ4v) is 3.95. The molecule has 0 aromatic carbocycles. The van der Waals surface area contributed by atoms with Gasteiger partial charge in [0.05, 0.1) is 5.25 Å². The Morgan fingerprint density at radius 3 is 2.44 bits per heavy atom. The van der Waals surface area contributed by atoms with Crippen molar-refractivity contribution in [3.05, 3.63) is 0 Å². The maximum Gasteiger partial charge on any atom is 0.320 e. The largest absolute Gasteiger partial charge is 0.480 e. The molecule has 0 aromatic rings. The lowest BCUT2D eigenvalue weighted by atomic mass is 9.94. The van der Waals surface area contributed by atoms with Crippen LogP contribution in [-0.2, 0) is 14.6 Å². The molecule has 2 fully saturated rings. The number of carbonyl (C=O) groups is 1. The second-order valence-electron chi connectivity index (χ2n) is 5.64. The third kappa shape index (κ3) is 3.45. The van der Waals surface area contributed by atoms with E-state index in [1.807, 2.05) is 0 Å². The number of rotatable bonds is 5. The summed E-state index contributed by atoms with van der Waals surface area (Å²) < 4.78 is 23.1. The maximum absolute atomic E-state index is 11.6. The van der Waals surface area contributed by atoms with Gasteiger partial charge in [-0.15, -0.1) is 0 Å². The van der Waals surface area contributed by atoms with Crippen molar-refractivity contribution in [2.75, 3.05) is 6.26 Å². The zero-order chi connectivity index (χ0) is 13.3. The Morgan fingerprint density at radius 1 is 1.28 bits per heavy atom. The van der Waals surface area contributed by atoms with Gasteiger partial charge in [0, 0.05) is 12.3 Å². The number of hydrogen-bond donors (Lipinski definition) is 2. The minimum atomic E-state index is -3.01. The number of carboxylic acid groups (broad SMARTS) is 1. The monoisotopic (exact) mass is 275 g/mol. The van der Waals surface area contributed by atoms with Gasteiger partial charge in [0.2, 0.25) is 0 Å². The van der Waals surface area contributed by atoms with Crippen LogP contribution in [0.3, 0.4) is 0 Å². The molecule has 2 N–H and O–H groups in total. The van der Waals surface area contributed by atoms with E-state index in [4.69, 9.17) is 5.11 Å². The average molecular weight is 275 g/mol. The molecular formula is C12H21NO4S. The topological polar surface area (TPSA) is 83.5 Å². The van der Waals surface area contributed by atoms with Crippen molar-refractivity contribution in [3.63, 3.8) is 0 Å². The van der Waals surface area contributed by atoms with Gasteiger partial charge in [-0.25, -0.2) is 8.42 Å². The van der Waals surface area contributed by atoms with Crippen LogP contribution in [0.15, 0.2) is 0 Å². The quantitative estimate of drug-likeness (QED) is 0.775. The summed E-state index contributed by atoms with van der Waals surface area (Å²) in [6.07, 6.45) is 6.19. The van der Waals surface area contributed by atoms with Crippen LogP contribution in [0.2, 0.25) is 0 Å². The molecule has 5 nitrogen and oxygen atoms in total. The number of hydrogen-bond acceptors (Lipinski definition) is 4. The predicted molar refractivity (Wildman–Crippen MR) is 68.2 cm³/mol. The van der Waals surface area contributed by atoms with E-state index in [2.05, 4.69) is 5.32 Å². The highest BCUT2D eigenvalue weighted by Crippen LogP contribution is 2.34. The number of aliphatic carboxylic acids is 1. The van der Waals surface area contributed by atoms with Crippen LogP contribution in [0.4, 0.5) is 0 Å². The molecule has 0 radical (unpaired) electrons. The standard InChI is InChI=1S/C12H21NO4S/c1-18(16,17)10-4-2-3-9(7-10)13-11(12(14)15)8-5-6-8/h8-11,13H,2-7H2,1H3,(H,14,15). The second kappa shape index (κ2) is 5.17. The Kier molecular flexibility index (Phi) is 3.96. The molecule has 18 heavy (non-hydrogen) atoms. The summed E-state index contributed by atoms with van der Waals surface area (Å²) in [5, 5.41) is 12.0. The van der Waals surface area contributed by atoms with E-state index in [0.717, 1.165) is 25.7 Å². The van der Waals surface area contributed by atoms with Crippen molar-refractivity contribution in [1.29, 1.82) is 0 Å². The smallest absolute Gasteiger partial charge is 0.320 e. The third-order valence-corrected chi connectivity index (χ3v) is 5.65. The van der Waals surface area contributed by atoms with E-state index in [9.17, 15) is 13.2 Å². The molecule has 0 amide bonds. The second-order valence-corrected chi connectivity index (χ2v) is 7.96. The van der Waals surface area contributed by atoms with Crippen molar-refractivity contribution >= 4 is 15.8 Å². The molecule has 0 heterocycles. The number of carboxylic acids is 1. The van der Waals surface area contributed by atoms with Crippen LogP contribution < -0.4 is 5.32 Å². The number of nitrogens with one attached hydrogen (secondary N) is 1. The van der Waals surface area contributed by atoms with Gasteiger partial charge in [-0.3, -0.25) is 4.79 Å². The van der Waals surface area contributed by atoms with Gasteiger partial charge in [0.1, 0.15) is 15.9 Å². The van der Waals surface area contributed by atoms with Gasteiger partial charge in [-0.05, 0) is 38.0 Å². The maximum atomic E-state index is 11.6. The molecule has 0 aromatic heterocycles. The first kappa shape index (κ1) is 13.8. The first-order valence-corrected chi connectivity index (χ1v) is 8.51. The highest BCUT2D eigenvalue weighted by atomic mass is 32.2. The Labute approximate surface area is 108 Å². The zero-order valence-corrected chi connectivity index (χ0v) is 11.4. The third-order valence-electron chi connectivity index (χ3n) is 4.01. The molecule has 2 rings (SSSR count). The lowest BCUT2D eigenvalue weighted by Crippen LogP contribution is -2.48. The lowest BCUT2D eigenvalue weighted by molar-refractivity contribution is -0.140. The van der Waals surface area contributed by atoms with Gasteiger partial charge >= 0.3 is 5.97 Å². The van der Waals surface area contributed by atoms with Crippen LogP contribution in [0.5, 0.6) is 0 Å². The molecule has 6 heteroatoms. The molecular weight excluding hydrogens is 254 g/mol. The molecule has 3 unspecified atom stereocenters. The fraction of sp³-hybridized carbons (Fsp3) is 0.917. The number of sulfone groups is 1. The van der Waals surface area contributed by atoms with E-state index in [0.29, 0.717) is 12.8 Å². The van der Waals surface area contributed by atoms with Crippen molar-refractivity contribution in [2.45, 2.75) is 55.9 Å². The Bertz CT molecular complexity index is 416. The molecule has 0 aliphatic heterocycles. The first-order valence-electron chi connectivity index (χ1n) is 6.55. The first-order chi connectivity index (χ1) is 8.38. The highest BCUT2D eigenvalue weighted by molar-refractivity contribution is 7.91. The SMILES string of the molecule is CS(=O)(=O)C1CCCC(NC(C(=O)O)C2CC2)C1. The summed E-state index contributed by atoms with van der Waals surface area (Å²) in [6, 6.07) is -0.464.